The van der Waals surface area contributed by atoms with Gasteiger partial charge in [0.1, 0.15) is 0 Å². The van der Waals surface area contributed by atoms with Crippen LogP contribution >= 0.6 is 0 Å². The first-order valence-electron chi connectivity index (χ1n) is 7.29. The quantitative estimate of drug-likeness (QED) is 0.415. The van der Waals surface area contributed by atoms with Crippen molar-refractivity contribution in [1.29, 1.82) is 0 Å². The SMILES string of the molecule is O=C1c2ccccc2C(=O)N1ON=Nc1cccc2ccccc12. The van der Waals surface area contributed by atoms with Crippen LogP contribution in [0, 0.1) is 0 Å². The van der Waals surface area contributed by atoms with Crippen LogP contribution in [0.15, 0.2) is 77.1 Å². The molecule has 3 aromatic carbocycles. The minimum Gasteiger partial charge on any atom is -0.265 e. The molecule has 0 N–H and O–H groups in total. The molecular weight excluding hydrogens is 306 g/mol. The van der Waals surface area contributed by atoms with E-state index in [2.05, 4.69) is 10.4 Å². The van der Waals surface area contributed by atoms with Gasteiger partial charge in [0.25, 0.3) is 11.8 Å². The van der Waals surface area contributed by atoms with Crippen LogP contribution in [0.25, 0.3) is 10.8 Å². The minimum absolute atomic E-state index is 0.294. The molecule has 0 saturated heterocycles. The maximum absolute atomic E-state index is 12.1. The smallest absolute Gasteiger partial charge is 0.265 e. The molecular formula is C18H11N3O3. The van der Waals surface area contributed by atoms with Crippen LogP contribution in [-0.4, -0.2) is 16.9 Å². The Kier molecular flexibility index (Phi) is 3.28. The van der Waals surface area contributed by atoms with E-state index in [9.17, 15) is 9.59 Å². The average Bonchev–Trinajstić information content (AvgIpc) is 2.87. The van der Waals surface area contributed by atoms with Crippen LogP contribution in [0.3, 0.4) is 0 Å². The highest BCUT2D eigenvalue weighted by Crippen LogP contribution is 2.27. The molecule has 6 heteroatoms. The third-order valence-electron chi connectivity index (χ3n) is 3.79. The lowest BCUT2D eigenvalue weighted by Gasteiger charge is -2.07. The van der Waals surface area contributed by atoms with E-state index in [0.717, 1.165) is 10.8 Å². The Hall–Kier alpha value is -3.54. The van der Waals surface area contributed by atoms with Crippen molar-refractivity contribution in [3.63, 3.8) is 0 Å². The third kappa shape index (κ3) is 2.21. The summed E-state index contributed by atoms with van der Waals surface area (Å²) in [6.07, 6.45) is 0. The van der Waals surface area contributed by atoms with Crippen LogP contribution in [0.2, 0.25) is 0 Å². The van der Waals surface area contributed by atoms with Gasteiger partial charge in [0, 0.05) is 5.39 Å². The number of nitrogens with zero attached hydrogens (tertiary/aromatic N) is 3. The van der Waals surface area contributed by atoms with E-state index in [1.807, 2.05) is 36.4 Å². The molecule has 1 aliphatic rings. The van der Waals surface area contributed by atoms with Crippen LogP contribution in [0.5, 0.6) is 0 Å². The van der Waals surface area contributed by atoms with Crippen LogP contribution in [-0.2, 0) is 4.94 Å². The summed E-state index contributed by atoms with van der Waals surface area (Å²) in [5, 5.41) is 10.1. The Bertz CT molecular complexity index is 957. The zero-order valence-corrected chi connectivity index (χ0v) is 12.4. The molecule has 0 saturated carbocycles. The molecule has 3 aromatic rings. The van der Waals surface area contributed by atoms with Crippen molar-refractivity contribution in [3.8, 4) is 0 Å². The maximum atomic E-state index is 12.1. The predicted molar refractivity (Wildman–Crippen MR) is 86.5 cm³/mol. The molecule has 6 nitrogen and oxygen atoms in total. The van der Waals surface area contributed by atoms with Crippen molar-refractivity contribution in [3.05, 3.63) is 77.9 Å². The molecule has 4 rings (SSSR count). The van der Waals surface area contributed by atoms with Gasteiger partial charge in [0.05, 0.1) is 22.1 Å². The number of hydrogen-bond donors (Lipinski definition) is 0. The van der Waals surface area contributed by atoms with Crippen LogP contribution in [0.4, 0.5) is 5.69 Å². The van der Waals surface area contributed by atoms with Crippen molar-refractivity contribution in [2.75, 3.05) is 0 Å². The Morgan fingerprint density at radius 1 is 0.750 bits per heavy atom. The summed E-state index contributed by atoms with van der Waals surface area (Å²) in [5.74, 6) is -1.10. The van der Waals surface area contributed by atoms with E-state index in [-0.39, 0.29) is 0 Å². The third-order valence-corrected chi connectivity index (χ3v) is 3.79. The van der Waals surface area contributed by atoms with Gasteiger partial charge in [0.15, 0.2) is 0 Å². The highest BCUT2D eigenvalue weighted by molar-refractivity contribution is 6.20. The molecule has 1 aliphatic heterocycles. The lowest BCUT2D eigenvalue weighted by atomic mass is 10.1. The van der Waals surface area contributed by atoms with Gasteiger partial charge in [-0.3, -0.25) is 9.59 Å². The summed E-state index contributed by atoms with van der Waals surface area (Å²) in [4.78, 5) is 29.2. The number of hydroxylamine groups is 2. The summed E-state index contributed by atoms with van der Waals surface area (Å²) in [7, 11) is 0. The second-order valence-corrected chi connectivity index (χ2v) is 5.21. The van der Waals surface area contributed by atoms with Gasteiger partial charge in [-0.05, 0) is 23.6 Å². The van der Waals surface area contributed by atoms with E-state index in [4.69, 9.17) is 4.94 Å². The number of carbonyl (C=O) groups is 2. The molecule has 116 valence electrons. The number of hydrogen-bond acceptors (Lipinski definition) is 5. The number of amides is 2. The zero-order chi connectivity index (χ0) is 16.5. The van der Waals surface area contributed by atoms with Gasteiger partial charge in [-0.15, -0.1) is 5.11 Å². The molecule has 0 spiro atoms. The Balaban J connectivity index is 1.58. The standard InChI is InChI=1S/C18H11N3O3/c22-17-14-9-3-4-10-15(14)18(23)21(17)24-20-19-16-11-5-7-12-6-1-2-8-13(12)16/h1-11H. The van der Waals surface area contributed by atoms with E-state index in [1.165, 1.54) is 0 Å². The molecule has 24 heavy (non-hydrogen) atoms. The van der Waals surface area contributed by atoms with Crippen molar-refractivity contribution in [1.82, 2.24) is 5.06 Å². The van der Waals surface area contributed by atoms with Crippen molar-refractivity contribution >= 4 is 28.3 Å². The van der Waals surface area contributed by atoms with Gasteiger partial charge in [-0.1, -0.05) is 53.6 Å². The van der Waals surface area contributed by atoms with Gasteiger partial charge in [-0.25, -0.2) is 4.94 Å². The highest BCUT2D eigenvalue weighted by Gasteiger charge is 2.37. The van der Waals surface area contributed by atoms with E-state index < -0.39 is 11.8 Å². The van der Waals surface area contributed by atoms with Gasteiger partial charge in [0.2, 0.25) is 0 Å². The van der Waals surface area contributed by atoms with Crippen molar-refractivity contribution in [2.24, 2.45) is 10.4 Å². The first-order chi connectivity index (χ1) is 11.8. The number of carbonyl (C=O) groups excluding carboxylic acids is 2. The summed E-state index contributed by atoms with van der Waals surface area (Å²) in [6, 6.07) is 19.8. The molecule has 0 aromatic heterocycles. The first kappa shape index (κ1) is 14.1. The van der Waals surface area contributed by atoms with Gasteiger partial charge < -0.3 is 0 Å². The molecule has 2 amide bonds. The molecule has 1 heterocycles. The van der Waals surface area contributed by atoms with Gasteiger partial charge in [-0.2, -0.15) is 0 Å². The van der Waals surface area contributed by atoms with Crippen molar-refractivity contribution in [2.45, 2.75) is 0 Å². The number of fused-ring (bicyclic) bond motifs is 2. The van der Waals surface area contributed by atoms with E-state index >= 15 is 0 Å². The summed E-state index contributed by atoms with van der Waals surface area (Å²) >= 11 is 0. The fourth-order valence-electron chi connectivity index (χ4n) is 2.64. The second-order valence-electron chi connectivity index (χ2n) is 5.21. The Morgan fingerprint density at radius 2 is 1.38 bits per heavy atom. The van der Waals surface area contributed by atoms with Gasteiger partial charge >= 0.3 is 0 Å². The lowest BCUT2D eigenvalue weighted by molar-refractivity contribution is -0.0980. The predicted octanol–water partition coefficient (Wildman–Crippen LogP) is 4.07. The fraction of sp³-hybridized carbons (Fsp3) is 0. The Labute approximate surface area is 136 Å². The number of rotatable bonds is 3. The van der Waals surface area contributed by atoms with E-state index in [0.29, 0.717) is 21.9 Å². The number of benzene rings is 3. The largest absolute Gasteiger partial charge is 0.297 e. The van der Waals surface area contributed by atoms with Crippen LogP contribution in [0.1, 0.15) is 20.7 Å². The molecule has 0 aliphatic carbocycles. The van der Waals surface area contributed by atoms with Crippen molar-refractivity contribution < 1.29 is 14.5 Å². The second kappa shape index (κ2) is 5.58. The normalized spacial score (nSPS) is 13.8. The Morgan fingerprint density at radius 3 is 2.12 bits per heavy atom. The number of imide groups is 1. The molecule has 0 radical (unpaired) electrons. The molecule has 0 fully saturated rings. The topological polar surface area (TPSA) is 71.3 Å². The fourth-order valence-corrected chi connectivity index (χ4v) is 2.64. The molecule has 0 bridgehead atoms. The van der Waals surface area contributed by atoms with E-state index in [1.54, 1.807) is 30.3 Å². The summed E-state index contributed by atoms with van der Waals surface area (Å²) in [6.45, 7) is 0. The molecule has 0 atom stereocenters. The average molecular weight is 317 g/mol. The summed E-state index contributed by atoms with van der Waals surface area (Å²) in [5.41, 5.74) is 1.18. The minimum atomic E-state index is -0.549. The maximum Gasteiger partial charge on any atom is 0.297 e. The monoisotopic (exact) mass is 317 g/mol. The molecule has 0 unspecified atom stereocenters. The summed E-state index contributed by atoms with van der Waals surface area (Å²) < 4.78 is 0. The first-order valence-corrected chi connectivity index (χ1v) is 7.29. The highest BCUT2D eigenvalue weighted by atomic mass is 16.8. The zero-order valence-electron chi connectivity index (χ0n) is 12.4. The lowest BCUT2D eigenvalue weighted by Crippen LogP contribution is -2.27. The van der Waals surface area contributed by atoms with Crippen LogP contribution < -0.4 is 0 Å².